The van der Waals surface area contributed by atoms with E-state index in [-0.39, 0.29) is 19.7 Å². The van der Waals surface area contributed by atoms with Gasteiger partial charge in [0.05, 0.1) is 18.1 Å². The molecule has 0 saturated heterocycles. The molecular weight excluding hydrogens is 307 g/mol. The minimum absolute atomic E-state index is 0.0375. The van der Waals surface area contributed by atoms with Gasteiger partial charge in [-0.2, -0.15) is 4.31 Å². The number of ether oxygens (including phenoxy) is 1. The maximum atomic E-state index is 13.7. The Bertz CT molecular complexity index is 607. The largest absolute Gasteiger partial charge is 0.395 e. The van der Waals surface area contributed by atoms with Crippen LogP contribution in [0.5, 0.6) is 0 Å². The third kappa shape index (κ3) is 4.17. The molecule has 0 aliphatic rings. The fourth-order valence-corrected chi connectivity index (χ4v) is 3.10. The van der Waals surface area contributed by atoms with E-state index in [0.29, 0.717) is 6.07 Å². The summed E-state index contributed by atoms with van der Waals surface area (Å²) in [4.78, 5) is 9.05. The highest BCUT2D eigenvalue weighted by atomic mass is 32.2. The summed E-state index contributed by atoms with van der Waals surface area (Å²) in [6, 6.07) is 2.25. The number of hydrogen-bond donors (Lipinski definition) is 1. The second-order valence-electron chi connectivity index (χ2n) is 3.99. The summed E-state index contributed by atoms with van der Waals surface area (Å²) in [5.41, 5.74) is -0.536. The molecule has 0 bridgehead atoms. The Morgan fingerprint density at radius 2 is 2.10 bits per heavy atom. The van der Waals surface area contributed by atoms with Crippen LogP contribution in [0.25, 0.3) is 0 Å². The highest BCUT2D eigenvalue weighted by Crippen LogP contribution is 2.24. The zero-order valence-corrected chi connectivity index (χ0v) is 12.0. The molecule has 0 aliphatic heterocycles. The Balaban J connectivity index is 3.26. The number of sulfonamides is 1. The van der Waals surface area contributed by atoms with Crippen molar-refractivity contribution in [3.63, 3.8) is 0 Å². The van der Waals surface area contributed by atoms with Gasteiger partial charge in [0.1, 0.15) is 10.7 Å². The van der Waals surface area contributed by atoms with Crippen molar-refractivity contribution in [3.05, 3.63) is 34.1 Å². The number of halogens is 1. The summed E-state index contributed by atoms with van der Waals surface area (Å²) in [5, 5.41) is 19.6. The molecule has 1 aromatic carbocycles. The number of benzene rings is 1. The highest BCUT2D eigenvalue weighted by molar-refractivity contribution is 7.89. The van der Waals surface area contributed by atoms with Gasteiger partial charge < -0.3 is 9.84 Å². The van der Waals surface area contributed by atoms with Crippen molar-refractivity contribution in [2.75, 3.05) is 33.4 Å². The number of rotatable bonds is 8. The van der Waals surface area contributed by atoms with Gasteiger partial charge in [0, 0.05) is 32.3 Å². The maximum absolute atomic E-state index is 13.7. The zero-order valence-electron chi connectivity index (χ0n) is 11.2. The Labute approximate surface area is 121 Å². The summed E-state index contributed by atoms with van der Waals surface area (Å²) < 4.78 is 43.9. The molecule has 10 heteroatoms. The van der Waals surface area contributed by atoms with Crippen LogP contribution in [0.1, 0.15) is 0 Å². The molecule has 0 atom stereocenters. The molecule has 0 radical (unpaired) electrons. The van der Waals surface area contributed by atoms with E-state index in [1.165, 1.54) is 7.11 Å². The predicted molar refractivity (Wildman–Crippen MR) is 70.8 cm³/mol. The van der Waals surface area contributed by atoms with Crippen molar-refractivity contribution >= 4 is 15.7 Å². The van der Waals surface area contributed by atoms with Gasteiger partial charge >= 0.3 is 0 Å². The standard InChI is InChI=1S/C11H15FN2O6S/c1-20-7-5-13(4-6-15)21(18,19)11-8-9(14(16)17)2-3-10(11)12/h2-3,8,15H,4-7H2,1H3. The van der Waals surface area contributed by atoms with E-state index in [4.69, 9.17) is 9.84 Å². The van der Waals surface area contributed by atoms with E-state index < -0.39 is 38.0 Å². The van der Waals surface area contributed by atoms with Crippen LogP contribution >= 0.6 is 0 Å². The Morgan fingerprint density at radius 1 is 1.43 bits per heavy atom. The van der Waals surface area contributed by atoms with Crippen LogP contribution < -0.4 is 0 Å². The number of aliphatic hydroxyl groups excluding tert-OH is 1. The normalized spacial score (nSPS) is 11.8. The Kier molecular flexibility index (Phi) is 6.15. The van der Waals surface area contributed by atoms with Crippen molar-refractivity contribution in [1.29, 1.82) is 0 Å². The summed E-state index contributed by atoms with van der Waals surface area (Å²) >= 11 is 0. The fourth-order valence-electron chi connectivity index (χ4n) is 1.60. The minimum Gasteiger partial charge on any atom is -0.395 e. The van der Waals surface area contributed by atoms with Crippen LogP contribution in [0.15, 0.2) is 23.1 Å². The topological polar surface area (TPSA) is 110 Å². The monoisotopic (exact) mass is 322 g/mol. The van der Waals surface area contributed by atoms with Gasteiger partial charge in [-0.3, -0.25) is 10.1 Å². The first-order valence-electron chi connectivity index (χ1n) is 5.88. The fraction of sp³-hybridized carbons (Fsp3) is 0.455. The molecular formula is C11H15FN2O6S. The van der Waals surface area contributed by atoms with Crippen molar-refractivity contribution in [3.8, 4) is 0 Å². The van der Waals surface area contributed by atoms with E-state index in [1.807, 2.05) is 0 Å². The lowest BCUT2D eigenvalue weighted by atomic mass is 10.3. The average molecular weight is 322 g/mol. The molecule has 1 aromatic rings. The number of non-ortho nitro benzene ring substituents is 1. The molecule has 0 saturated carbocycles. The minimum atomic E-state index is -4.31. The SMILES string of the molecule is COCCN(CCO)S(=O)(=O)c1cc([N+](=O)[O-])ccc1F. The summed E-state index contributed by atoms with van der Waals surface area (Å²) in [7, 11) is -2.95. The maximum Gasteiger partial charge on any atom is 0.270 e. The number of aliphatic hydroxyl groups is 1. The van der Waals surface area contributed by atoms with Gasteiger partial charge in [0.15, 0.2) is 0 Å². The Morgan fingerprint density at radius 3 is 2.62 bits per heavy atom. The van der Waals surface area contributed by atoms with E-state index in [2.05, 4.69) is 0 Å². The van der Waals surface area contributed by atoms with E-state index >= 15 is 0 Å². The van der Waals surface area contributed by atoms with Gasteiger partial charge in [-0.05, 0) is 6.07 Å². The number of methoxy groups -OCH3 is 1. The molecule has 0 aliphatic carbocycles. The van der Waals surface area contributed by atoms with Crippen molar-refractivity contribution in [2.45, 2.75) is 4.90 Å². The summed E-state index contributed by atoms with van der Waals surface area (Å²) in [6.07, 6.45) is 0. The van der Waals surface area contributed by atoms with Crippen LogP contribution in [-0.4, -0.2) is 56.2 Å². The third-order valence-corrected chi connectivity index (χ3v) is 4.55. The molecule has 8 nitrogen and oxygen atoms in total. The van der Waals surface area contributed by atoms with Gasteiger partial charge in [0.2, 0.25) is 10.0 Å². The molecule has 21 heavy (non-hydrogen) atoms. The summed E-state index contributed by atoms with van der Waals surface area (Å²) in [5.74, 6) is -1.10. The molecule has 0 spiro atoms. The number of nitro groups is 1. The van der Waals surface area contributed by atoms with Gasteiger partial charge in [-0.15, -0.1) is 0 Å². The third-order valence-electron chi connectivity index (χ3n) is 2.64. The molecule has 1 N–H and O–H groups in total. The van der Waals surface area contributed by atoms with Crippen LogP contribution in [0, 0.1) is 15.9 Å². The Hall–Kier alpha value is -1.62. The van der Waals surface area contributed by atoms with E-state index in [9.17, 15) is 22.9 Å². The molecule has 1 rings (SSSR count). The van der Waals surface area contributed by atoms with Crippen LogP contribution in [-0.2, 0) is 14.8 Å². The zero-order chi connectivity index (χ0) is 16.0. The molecule has 118 valence electrons. The quantitative estimate of drug-likeness (QED) is 0.547. The first-order valence-corrected chi connectivity index (χ1v) is 7.32. The molecule has 0 amide bonds. The lowest BCUT2D eigenvalue weighted by Crippen LogP contribution is -2.36. The number of nitrogens with zero attached hydrogens (tertiary/aromatic N) is 2. The number of nitro benzene ring substituents is 1. The van der Waals surface area contributed by atoms with Crippen molar-refractivity contribution in [2.24, 2.45) is 0 Å². The van der Waals surface area contributed by atoms with Crippen molar-refractivity contribution < 1.29 is 27.6 Å². The average Bonchev–Trinajstić information content (AvgIpc) is 2.43. The first-order chi connectivity index (χ1) is 9.84. The van der Waals surface area contributed by atoms with E-state index in [0.717, 1.165) is 16.4 Å². The smallest absolute Gasteiger partial charge is 0.270 e. The lowest BCUT2D eigenvalue weighted by Gasteiger charge is -2.21. The predicted octanol–water partition coefficient (Wildman–Crippen LogP) is 0.363. The molecule has 0 unspecified atom stereocenters. The van der Waals surface area contributed by atoms with Crippen LogP contribution in [0.4, 0.5) is 10.1 Å². The number of hydrogen-bond acceptors (Lipinski definition) is 6. The molecule has 0 fully saturated rings. The van der Waals surface area contributed by atoms with Crippen LogP contribution in [0.3, 0.4) is 0 Å². The van der Waals surface area contributed by atoms with E-state index in [1.54, 1.807) is 0 Å². The second kappa shape index (κ2) is 7.41. The van der Waals surface area contributed by atoms with Crippen molar-refractivity contribution in [1.82, 2.24) is 4.31 Å². The molecule has 0 aromatic heterocycles. The molecule has 0 heterocycles. The van der Waals surface area contributed by atoms with Crippen LogP contribution in [0.2, 0.25) is 0 Å². The van der Waals surface area contributed by atoms with Gasteiger partial charge in [-0.1, -0.05) is 0 Å². The van der Waals surface area contributed by atoms with Gasteiger partial charge in [0.25, 0.3) is 5.69 Å². The second-order valence-corrected chi connectivity index (χ2v) is 5.90. The lowest BCUT2D eigenvalue weighted by molar-refractivity contribution is -0.385. The first kappa shape index (κ1) is 17.4. The highest BCUT2D eigenvalue weighted by Gasteiger charge is 2.28. The van der Waals surface area contributed by atoms with Gasteiger partial charge in [-0.25, -0.2) is 12.8 Å². The summed E-state index contributed by atoms with van der Waals surface area (Å²) in [6.45, 7) is -0.815.